The molecule has 2 rings (SSSR count). The van der Waals surface area contributed by atoms with Crippen LogP contribution in [0.1, 0.15) is 66.4 Å². The van der Waals surface area contributed by atoms with E-state index >= 15 is 0 Å². The van der Waals surface area contributed by atoms with Gasteiger partial charge in [-0.3, -0.25) is 9.59 Å². The van der Waals surface area contributed by atoms with Crippen molar-refractivity contribution in [3.63, 3.8) is 0 Å². The molecular formula is C30H53N3O6. The maximum Gasteiger partial charge on any atom is 0.225 e. The van der Waals surface area contributed by atoms with Gasteiger partial charge in [-0.1, -0.05) is 40.7 Å². The lowest BCUT2D eigenvalue weighted by molar-refractivity contribution is -0.126. The first-order valence-corrected chi connectivity index (χ1v) is 14.0. The van der Waals surface area contributed by atoms with Crippen LogP contribution in [0.5, 0.6) is 11.5 Å². The second kappa shape index (κ2) is 17.4. The van der Waals surface area contributed by atoms with Gasteiger partial charge in [-0.25, -0.2) is 0 Å². The number of methoxy groups -OCH3 is 2. The average Bonchev–Trinajstić information content (AvgIpc) is 3.26. The minimum atomic E-state index is -0.152. The highest BCUT2D eigenvalue weighted by molar-refractivity contribution is 5.79. The van der Waals surface area contributed by atoms with E-state index < -0.39 is 0 Å². The zero-order valence-electron chi connectivity index (χ0n) is 25.3. The second-order valence-corrected chi connectivity index (χ2v) is 11.9. The van der Waals surface area contributed by atoms with Crippen molar-refractivity contribution in [2.45, 2.75) is 85.5 Å². The van der Waals surface area contributed by atoms with Gasteiger partial charge in [-0.2, -0.15) is 0 Å². The van der Waals surface area contributed by atoms with E-state index in [1.54, 1.807) is 14.2 Å². The Balaban J connectivity index is 0.00000242. The summed E-state index contributed by atoms with van der Waals surface area (Å²) in [7, 11) is 3.35. The molecule has 1 fully saturated rings. The Morgan fingerprint density at radius 2 is 1.87 bits per heavy atom. The summed E-state index contributed by atoms with van der Waals surface area (Å²) >= 11 is 0. The van der Waals surface area contributed by atoms with Gasteiger partial charge in [-0.05, 0) is 61.1 Å². The molecule has 0 bridgehead atoms. The molecule has 0 aromatic heterocycles. The van der Waals surface area contributed by atoms with Gasteiger partial charge in [0.1, 0.15) is 0 Å². The van der Waals surface area contributed by atoms with Gasteiger partial charge in [0.05, 0.1) is 31.8 Å². The van der Waals surface area contributed by atoms with E-state index in [-0.39, 0.29) is 41.9 Å². The number of amides is 2. The molecule has 1 aliphatic heterocycles. The molecular weight excluding hydrogens is 498 g/mol. The van der Waals surface area contributed by atoms with Gasteiger partial charge in [-0.15, -0.1) is 0 Å². The molecule has 2 amide bonds. The number of hydrogen-bond donors (Lipinski definition) is 3. The molecule has 5 atom stereocenters. The highest BCUT2D eigenvalue weighted by Gasteiger charge is 2.40. The van der Waals surface area contributed by atoms with Gasteiger partial charge < -0.3 is 35.7 Å². The third-order valence-corrected chi connectivity index (χ3v) is 7.04. The van der Waals surface area contributed by atoms with Crippen LogP contribution in [0.15, 0.2) is 18.2 Å². The Kier molecular flexibility index (Phi) is 15.4. The number of nitrogens with one attached hydrogen (secondary N) is 1. The molecule has 5 N–H and O–H groups in total. The number of nitrogens with two attached hydrogens (primary N) is 2. The Bertz CT molecular complexity index is 858. The number of carbonyl (C=O) groups is 2. The topological polar surface area (TPSA) is 135 Å². The summed E-state index contributed by atoms with van der Waals surface area (Å²) in [4.78, 5) is 21.4. The predicted octanol–water partition coefficient (Wildman–Crippen LogP) is 3.70. The maximum atomic E-state index is 12.8. The van der Waals surface area contributed by atoms with Gasteiger partial charge in [0.25, 0.3) is 0 Å². The SMILES string of the molecule is COCCCOc1cc(CC(CC(N)C2CC(C(=O)NCC(C)(C)C)C(C)O2)C(C)C)ccc1OC.NC=O. The largest absolute Gasteiger partial charge is 0.493 e. The molecule has 0 spiro atoms. The van der Waals surface area contributed by atoms with Crippen molar-refractivity contribution >= 4 is 12.3 Å². The number of hydrogen-bond acceptors (Lipinski definition) is 7. The number of benzene rings is 1. The quantitative estimate of drug-likeness (QED) is 0.237. The maximum absolute atomic E-state index is 12.8. The monoisotopic (exact) mass is 551 g/mol. The third kappa shape index (κ3) is 12.6. The van der Waals surface area contributed by atoms with E-state index in [1.165, 1.54) is 5.56 Å². The molecule has 0 saturated carbocycles. The molecule has 9 nitrogen and oxygen atoms in total. The van der Waals surface area contributed by atoms with Crippen molar-refractivity contribution in [2.24, 2.45) is 34.6 Å². The van der Waals surface area contributed by atoms with E-state index in [0.29, 0.717) is 38.0 Å². The van der Waals surface area contributed by atoms with Crippen molar-refractivity contribution < 1.29 is 28.5 Å². The van der Waals surface area contributed by atoms with Crippen molar-refractivity contribution in [2.75, 3.05) is 34.0 Å². The lowest BCUT2D eigenvalue weighted by Gasteiger charge is -2.28. The summed E-state index contributed by atoms with van der Waals surface area (Å²) in [6.07, 6.45) is 3.23. The van der Waals surface area contributed by atoms with Gasteiger partial charge in [0, 0.05) is 32.7 Å². The van der Waals surface area contributed by atoms with Gasteiger partial charge >= 0.3 is 0 Å². The fourth-order valence-electron chi connectivity index (χ4n) is 4.69. The molecule has 1 aliphatic rings. The Labute approximate surface area is 235 Å². The van der Waals surface area contributed by atoms with Crippen LogP contribution < -0.4 is 26.3 Å². The summed E-state index contributed by atoms with van der Waals surface area (Å²) < 4.78 is 22.8. The highest BCUT2D eigenvalue weighted by atomic mass is 16.5. The molecule has 1 heterocycles. The average molecular weight is 552 g/mol. The predicted molar refractivity (Wildman–Crippen MR) is 155 cm³/mol. The molecule has 1 aromatic rings. The van der Waals surface area contributed by atoms with Crippen LogP contribution in [0, 0.1) is 23.2 Å². The molecule has 0 aliphatic carbocycles. The number of primary amides is 1. The van der Waals surface area contributed by atoms with E-state index in [0.717, 1.165) is 30.8 Å². The highest BCUT2D eigenvalue weighted by Crippen LogP contribution is 2.34. The minimum Gasteiger partial charge on any atom is -0.493 e. The molecule has 5 unspecified atom stereocenters. The molecule has 39 heavy (non-hydrogen) atoms. The Hall–Kier alpha value is -2.36. The summed E-state index contributed by atoms with van der Waals surface area (Å²) in [5.41, 5.74) is 12.1. The fraction of sp³-hybridized carbons (Fsp3) is 0.733. The molecule has 1 saturated heterocycles. The van der Waals surface area contributed by atoms with E-state index in [2.05, 4.69) is 57.8 Å². The van der Waals surface area contributed by atoms with Crippen molar-refractivity contribution in [3.05, 3.63) is 23.8 Å². The van der Waals surface area contributed by atoms with Crippen LogP contribution in [0.4, 0.5) is 0 Å². The first kappa shape index (κ1) is 34.7. The van der Waals surface area contributed by atoms with Crippen LogP contribution >= 0.6 is 0 Å². The van der Waals surface area contributed by atoms with Crippen LogP contribution in [0.3, 0.4) is 0 Å². The zero-order valence-corrected chi connectivity index (χ0v) is 25.3. The normalized spacial score (nSPS) is 20.5. The first-order chi connectivity index (χ1) is 18.4. The second-order valence-electron chi connectivity index (χ2n) is 11.9. The summed E-state index contributed by atoms with van der Waals surface area (Å²) in [5, 5.41) is 3.09. The first-order valence-electron chi connectivity index (χ1n) is 14.0. The third-order valence-electron chi connectivity index (χ3n) is 7.04. The standard InChI is InChI=1S/C29H50N2O5.CH3NO/c1-19(2)22(14-21-10-11-25(34-8)27(15-21)35-13-9-12-33-7)16-24(30)26-17-23(20(3)36-26)28(32)31-18-29(4,5)6;2-1-3/h10-11,15,19-20,22-24,26H,9,12-14,16-18,30H2,1-8H3,(H,31,32);1H,(H2,2,3). The van der Waals surface area contributed by atoms with E-state index in [9.17, 15) is 4.79 Å². The smallest absolute Gasteiger partial charge is 0.225 e. The van der Waals surface area contributed by atoms with E-state index in [1.807, 2.05) is 13.0 Å². The fourth-order valence-corrected chi connectivity index (χ4v) is 4.69. The molecule has 0 radical (unpaired) electrons. The van der Waals surface area contributed by atoms with Crippen molar-refractivity contribution in [1.29, 1.82) is 0 Å². The molecule has 224 valence electrons. The number of carbonyl (C=O) groups excluding carboxylic acids is 2. The summed E-state index contributed by atoms with van der Waals surface area (Å²) in [5.74, 6) is 2.24. The Morgan fingerprint density at radius 3 is 2.44 bits per heavy atom. The van der Waals surface area contributed by atoms with Crippen LogP contribution in [-0.2, 0) is 25.5 Å². The van der Waals surface area contributed by atoms with Crippen LogP contribution in [-0.4, -0.2) is 64.5 Å². The summed E-state index contributed by atoms with van der Waals surface area (Å²) in [6.45, 7) is 14.7. The Morgan fingerprint density at radius 1 is 1.21 bits per heavy atom. The lowest BCUT2D eigenvalue weighted by atomic mass is 9.82. The van der Waals surface area contributed by atoms with Crippen molar-refractivity contribution in [3.8, 4) is 11.5 Å². The molecule has 9 heteroatoms. The van der Waals surface area contributed by atoms with Crippen molar-refractivity contribution in [1.82, 2.24) is 5.32 Å². The van der Waals surface area contributed by atoms with Crippen LogP contribution in [0.2, 0.25) is 0 Å². The van der Waals surface area contributed by atoms with E-state index in [4.69, 9.17) is 29.5 Å². The van der Waals surface area contributed by atoms with Crippen LogP contribution in [0.25, 0.3) is 0 Å². The number of ether oxygens (including phenoxy) is 4. The van der Waals surface area contributed by atoms with Gasteiger partial charge in [0.2, 0.25) is 12.3 Å². The molecule has 1 aromatic carbocycles. The minimum absolute atomic E-state index is 0.0505. The summed E-state index contributed by atoms with van der Waals surface area (Å²) in [6, 6.07) is 6.03. The lowest BCUT2D eigenvalue weighted by Crippen LogP contribution is -2.39. The van der Waals surface area contributed by atoms with Gasteiger partial charge in [0.15, 0.2) is 11.5 Å². The zero-order chi connectivity index (χ0) is 29.6. The number of rotatable bonds is 14.